The molecule has 0 spiro atoms. The number of aromatic nitrogens is 2. The Morgan fingerprint density at radius 1 is 1.14 bits per heavy atom. The maximum absolute atomic E-state index is 12.5. The second-order valence-corrected chi connectivity index (χ2v) is 7.06. The molecule has 0 unspecified atom stereocenters. The van der Waals surface area contributed by atoms with Gasteiger partial charge in [0.15, 0.2) is 5.69 Å². The summed E-state index contributed by atoms with van der Waals surface area (Å²) in [7, 11) is 0. The van der Waals surface area contributed by atoms with Crippen LogP contribution < -0.4 is 0 Å². The lowest BCUT2D eigenvalue weighted by Gasteiger charge is -2.28. The highest BCUT2D eigenvalue weighted by Crippen LogP contribution is 2.39. The Morgan fingerprint density at radius 2 is 1.93 bits per heavy atom. The summed E-state index contributed by atoms with van der Waals surface area (Å²) < 4.78 is 10.6. The van der Waals surface area contributed by atoms with Gasteiger partial charge in [-0.05, 0) is 25.3 Å². The number of hydrogen-bond donors (Lipinski definition) is 0. The van der Waals surface area contributed by atoms with E-state index in [1.54, 1.807) is 11.8 Å². The molecular weight excluding hydrogens is 358 g/mol. The monoisotopic (exact) mass is 381 g/mol. The van der Waals surface area contributed by atoms with Crippen LogP contribution in [0, 0.1) is 0 Å². The zero-order valence-electron chi connectivity index (χ0n) is 15.9. The lowest BCUT2D eigenvalue weighted by molar-refractivity contribution is 0.0512. The van der Waals surface area contributed by atoms with E-state index in [2.05, 4.69) is 9.97 Å². The average Bonchev–Trinajstić information content (AvgIpc) is 3.57. The van der Waals surface area contributed by atoms with Crippen LogP contribution in [0.4, 0.5) is 4.79 Å². The van der Waals surface area contributed by atoms with Crippen LogP contribution in [-0.2, 0) is 29.0 Å². The Kier molecular flexibility index (Phi) is 5.23. The molecule has 2 aliphatic rings. The minimum Gasteiger partial charge on any atom is -0.461 e. The number of rotatable bonds is 5. The Morgan fingerprint density at radius 3 is 2.64 bits per heavy atom. The van der Waals surface area contributed by atoms with Crippen LogP contribution in [0.5, 0.6) is 0 Å². The summed E-state index contributed by atoms with van der Waals surface area (Å²) in [5.74, 6) is 0.608. The molecule has 1 aromatic carbocycles. The third kappa shape index (κ3) is 3.98. The number of carbonyl (C=O) groups is 2. The summed E-state index contributed by atoms with van der Waals surface area (Å²) in [6, 6.07) is 9.54. The first-order valence-corrected chi connectivity index (χ1v) is 9.68. The first-order valence-electron chi connectivity index (χ1n) is 9.68. The molecule has 0 saturated heterocycles. The molecule has 1 aromatic heterocycles. The molecule has 7 heteroatoms. The standard InChI is InChI=1S/C21H23N3O4/c1-2-27-20(25)18-16-12-24(21(26)28-13-14-6-4-3-5-7-14)11-10-17(16)22-19(23-18)15-8-9-15/h3-7,15H,2,8-13H2,1H3. The highest BCUT2D eigenvalue weighted by Gasteiger charge is 2.33. The van der Waals surface area contributed by atoms with Gasteiger partial charge in [-0.2, -0.15) is 0 Å². The van der Waals surface area contributed by atoms with Crippen molar-refractivity contribution < 1.29 is 19.1 Å². The second kappa shape index (κ2) is 7.96. The summed E-state index contributed by atoms with van der Waals surface area (Å²) in [6.45, 7) is 3.01. The van der Waals surface area contributed by atoms with Crippen LogP contribution in [0.15, 0.2) is 30.3 Å². The molecule has 28 heavy (non-hydrogen) atoms. The Hall–Kier alpha value is -2.96. The van der Waals surface area contributed by atoms with E-state index in [4.69, 9.17) is 9.47 Å². The fourth-order valence-corrected chi connectivity index (χ4v) is 3.29. The lowest BCUT2D eigenvalue weighted by atomic mass is 10.0. The summed E-state index contributed by atoms with van der Waals surface area (Å²) in [5.41, 5.74) is 2.73. The minimum atomic E-state index is -0.456. The second-order valence-electron chi connectivity index (χ2n) is 7.06. The number of fused-ring (bicyclic) bond motifs is 1. The van der Waals surface area contributed by atoms with Gasteiger partial charge in [-0.1, -0.05) is 30.3 Å². The molecule has 2 heterocycles. The minimum absolute atomic E-state index is 0.213. The Bertz CT molecular complexity index is 881. The van der Waals surface area contributed by atoms with Crippen molar-refractivity contribution in [1.82, 2.24) is 14.9 Å². The van der Waals surface area contributed by atoms with Crippen LogP contribution >= 0.6 is 0 Å². The normalized spacial score (nSPS) is 15.7. The highest BCUT2D eigenvalue weighted by atomic mass is 16.6. The number of amides is 1. The molecular formula is C21H23N3O4. The van der Waals surface area contributed by atoms with Crippen molar-refractivity contribution in [2.24, 2.45) is 0 Å². The van der Waals surface area contributed by atoms with Gasteiger partial charge in [0.1, 0.15) is 12.4 Å². The quantitative estimate of drug-likeness (QED) is 0.740. The van der Waals surface area contributed by atoms with Crippen molar-refractivity contribution in [2.75, 3.05) is 13.2 Å². The lowest BCUT2D eigenvalue weighted by Crippen LogP contribution is -2.38. The van der Waals surface area contributed by atoms with Crippen molar-refractivity contribution in [3.8, 4) is 0 Å². The highest BCUT2D eigenvalue weighted by molar-refractivity contribution is 5.89. The zero-order valence-corrected chi connectivity index (χ0v) is 15.9. The number of ether oxygens (including phenoxy) is 2. The van der Waals surface area contributed by atoms with Gasteiger partial charge in [0.25, 0.3) is 0 Å². The predicted molar refractivity (Wildman–Crippen MR) is 101 cm³/mol. The van der Waals surface area contributed by atoms with Gasteiger partial charge in [0.05, 0.1) is 18.8 Å². The van der Waals surface area contributed by atoms with Crippen LogP contribution in [0.2, 0.25) is 0 Å². The molecule has 1 amide bonds. The third-order valence-corrected chi connectivity index (χ3v) is 4.95. The van der Waals surface area contributed by atoms with Gasteiger partial charge in [-0.25, -0.2) is 19.6 Å². The Labute approximate surface area is 163 Å². The molecule has 0 atom stereocenters. The fraction of sp³-hybridized carbons (Fsp3) is 0.429. The van der Waals surface area contributed by atoms with E-state index < -0.39 is 12.1 Å². The van der Waals surface area contributed by atoms with E-state index >= 15 is 0 Å². The number of nitrogens with zero attached hydrogens (tertiary/aromatic N) is 3. The summed E-state index contributed by atoms with van der Waals surface area (Å²) in [5, 5.41) is 0. The van der Waals surface area contributed by atoms with E-state index in [9.17, 15) is 9.59 Å². The van der Waals surface area contributed by atoms with Crippen molar-refractivity contribution in [3.63, 3.8) is 0 Å². The topological polar surface area (TPSA) is 81.6 Å². The molecule has 4 rings (SSSR count). The van der Waals surface area contributed by atoms with Crippen LogP contribution in [0.1, 0.15) is 58.8 Å². The SMILES string of the molecule is CCOC(=O)c1nc(C2CC2)nc2c1CN(C(=O)OCc1ccccc1)CC2. The molecule has 146 valence electrons. The summed E-state index contributed by atoms with van der Waals surface area (Å²) in [6.07, 6.45) is 2.28. The largest absolute Gasteiger partial charge is 0.461 e. The molecule has 0 radical (unpaired) electrons. The van der Waals surface area contributed by atoms with Gasteiger partial charge in [0.2, 0.25) is 0 Å². The molecule has 1 fully saturated rings. The van der Waals surface area contributed by atoms with E-state index in [0.29, 0.717) is 24.4 Å². The molecule has 1 aliphatic carbocycles. The van der Waals surface area contributed by atoms with Crippen LogP contribution in [0.25, 0.3) is 0 Å². The molecule has 0 bridgehead atoms. The molecule has 1 saturated carbocycles. The summed E-state index contributed by atoms with van der Waals surface area (Å²) in [4.78, 5) is 35.7. The molecule has 7 nitrogen and oxygen atoms in total. The average molecular weight is 381 g/mol. The van der Waals surface area contributed by atoms with E-state index in [0.717, 1.165) is 29.9 Å². The van der Waals surface area contributed by atoms with Crippen molar-refractivity contribution in [2.45, 2.75) is 45.3 Å². The smallest absolute Gasteiger partial charge is 0.410 e. The maximum Gasteiger partial charge on any atom is 0.410 e. The van der Waals surface area contributed by atoms with Crippen molar-refractivity contribution in [3.05, 3.63) is 58.7 Å². The predicted octanol–water partition coefficient (Wildman–Crippen LogP) is 3.23. The number of carbonyl (C=O) groups excluding carboxylic acids is 2. The van der Waals surface area contributed by atoms with Gasteiger partial charge >= 0.3 is 12.1 Å². The summed E-state index contributed by atoms with van der Waals surface area (Å²) >= 11 is 0. The molecule has 2 aromatic rings. The van der Waals surface area contributed by atoms with E-state index in [1.165, 1.54) is 0 Å². The van der Waals surface area contributed by atoms with E-state index in [-0.39, 0.29) is 25.5 Å². The van der Waals surface area contributed by atoms with Crippen LogP contribution in [-0.4, -0.2) is 40.1 Å². The first kappa shape index (κ1) is 18.4. The number of hydrogen-bond acceptors (Lipinski definition) is 6. The Balaban J connectivity index is 1.51. The van der Waals surface area contributed by atoms with E-state index in [1.807, 2.05) is 30.3 Å². The zero-order chi connectivity index (χ0) is 19.5. The van der Waals surface area contributed by atoms with Gasteiger partial charge in [-0.15, -0.1) is 0 Å². The number of benzene rings is 1. The van der Waals surface area contributed by atoms with Crippen molar-refractivity contribution in [1.29, 1.82) is 0 Å². The third-order valence-electron chi connectivity index (χ3n) is 4.95. The van der Waals surface area contributed by atoms with Crippen LogP contribution in [0.3, 0.4) is 0 Å². The van der Waals surface area contributed by atoms with Crippen molar-refractivity contribution >= 4 is 12.1 Å². The molecule has 1 aliphatic heterocycles. The van der Waals surface area contributed by atoms with Gasteiger partial charge < -0.3 is 14.4 Å². The number of esters is 1. The molecule has 0 N–H and O–H groups in total. The maximum atomic E-state index is 12.5. The van der Waals surface area contributed by atoms with Gasteiger partial charge in [0, 0.05) is 24.4 Å². The first-order chi connectivity index (χ1) is 13.7. The van der Waals surface area contributed by atoms with Gasteiger partial charge in [-0.3, -0.25) is 0 Å². The fourth-order valence-electron chi connectivity index (χ4n) is 3.29.